The molecule has 1 heterocycles. The van der Waals surface area contributed by atoms with E-state index in [0.717, 1.165) is 11.3 Å². The molecule has 7 heteroatoms. The molecule has 0 unspecified atom stereocenters. The Balaban J connectivity index is 2.12. The van der Waals surface area contributed by atoms with Crippen molar-refractivity contribution >= 4 is 20.1 Å². The van der Waals surface area contributed by atoms with Gasteiger partial charge in [0.05, 0.1) is 31.8 Å². The second-order valence-electron chi connectivity index (χ2n) is 9.70. The van der Waals surface area contributed by atoms with Gasteiger partial charge >= 0.3 is 0 Å². The number of carbonyl (C=O) groups excluding carboxylic acids is 2. The van der Waals surface area contributed by atoms with E-state index in [-0.39, 0.29) is 22.8 Å². The predicted octanol–water partition coefficient (Wildman–Crippen LogP) is 4.33. The fourth-order valence-electron chi connectivity index (χ4n) is 4.05. The molecule has 164 valence electrons. The molecule has 0 N–H and O–H groups in total. The summed E-state index contributed by atoms with van der Waals surface area (Å²) in [5, 5.41) is 0.0279. The Kier molecular flexibility index (Phi) is 5.80. The number of hydrogen-bond acceptors (Lipinski definition) is 5. The molecule has 0 radical (unpaired) electrons. The van der Waals surface area contributed by atoms with Crippen molar-refractivity contribution in [2.24, 2.45) is 11.8 Å². The van der Waals surface area contributed by atoms with Crippen LogP contribution in [0.3, 0.4) is 0 Å². The van der Waals surface area contributed by atoms with Crippen molar-refractivity contribution in [2.75, 3.05) is 21.3 Å². The molecular formula is C23H33NO5Si. The van der Waals surface area contributed by atoms with Crippen molar-refractivity contribution in [3.05, 3.63) is 35.6 Å². The van der Waals surface area contributed by atoms with Gasteiger partial charge in [0.15, 0.2) is 0 Å². The van der Waals surface area contributed by atoms with Crippen molar-refractivity contribution in [1.82, 2.24) is 4.90 Å². The average molecular weight is 432 g/mol. The number of imide groups is 1. The fourth-order valence-corrected chi connectivity index (χ4v) is 5.17. The number of rotatable bonds is 5. The van der Waals surface area contributed by atoms with Crippen LogP contribution in [0.15, 0.2) is 30.0 Å². The molecule has 0 spiro atoms. The monoisotopic (exact) mass is 431 g/mol. The lowest BCUT2D eigenvalue weighted by atomic mass is 9.73. The van der Waals surface area contributed by atoms with Gasteiger partial charge in [-0.25, -0.2) is 0 Å². The molecule has 1 aliphatic heterocycles. The number of allylic oxidation sites excluding steroid dienone is 2. The summed E-state index contributed by atoms with van der Waals surface area (Å²) in [4.78, 5) is 27.2. The summed E-state index contributed by atoms with van der Waals surface area (Å²) in [5.41, 5.74) is 0.833. The molecule has 1 saturated heterocycles. The number of methoxy groups -OCH3 is 2. The van der Waals surface area contributed by atoms with Gasteiger partial charge in [-0.1, -0.05) is 20.8 Å². The molecule has 1 fully saturated rings. The number of nitrogens with zero attached hydrogens (tertiary/aromatic N) is 1. The number of hydrogen-bond donors (Lipinski definition) is 0. The predicted molar refractivity (Wildman–Crippen MR) is 118 cm³/mol. The lowest BCUT2D eigenvalue weighted by Crippen LogP contribution is -2.41. The van der Waals surface area contributed by atoms with Crippen molar-refractivity contribution in [3.8, 4) is 11.5 Å². The summed E-state index contributed by atoms with van der Waals surface area (Å²) < 4.78 is 17.6. The summed E-state index contributed by atoms with van der Waals surface area (Å²) >= 11 is 0. The number of fused-ring (bicyclic) bond motifs is 1. The molecular weight excluding hydrogens is 398 g/mol. The maximum Gasteiger partial charge on any atom is 0.250 e. The topological polar surface area (TPSA) is 65.1 Å². The minimum Gasteiger partial charge on any atom is -0.547 e. The van der Waals surface area contributed by atoms with E-state index in [4.69, 9.17) is 13.9 Å². The Labute approximate surface area is 180 Å². The molecule has 0 saturated carbocycles. The van der Waals surface area contributed by atoms with Gasteiger partial charge in [0, 0.05) is 24.9 Å². The van der Waals surface area contributed by atoms with Crippen LogP contribution < -0.4 is 9.47 Å². The summed E-state index contributed by atoms with van der Waals surface area (Å²) in [6.45, 7) is 10.9. The van der Waals surface area contributed by atoms with Crippen LogP contribution in [0.25, 0.3) is 0 Å². The maximum atomic E-state index is 13.0. The highest BCUT2D eigenvalue weighted by atomic mass is 28.4. The van der Waals surface area contributed by atoms with E-state index in [2.05, 4.69) is 33.9 Å². The van der Waals surface area contributed by atoms with Crippen LogP contribution in [0.2, 0.25) is 18.1 Å². The lowest BCUT2D eigenvalue weighted by Gasteiger charge is -2.40. The van der Waals surface area contributed by atoms with Gasteiger partial charge in [-0.15, -0.1) is 0 Å². The second-order valence-corrected chi connectivity index (χ2v) is 14.4. The van der Waals surface area contributed by atoms with Gasteiger partial charge in [-0.3, -0.25) is 14.5 Å². The summed E-state index contributed by atoms with van der Waals surface area (Å²) in [6.07, 6.45) is 2.48. The smallest absolute Gasteiger partial charge is 0.250 e. The Hall–Kier alpha value is -2.28. The molecule has 2 amide bonds. The van der Waals surface area contributed by atoms with Crippen LogP contribution in [0.4, 0.5) is 0 Å². The van der Waals surface area contributed by atoms with Crippen LogP contribution in [0.5, 0.6) is 11.5 Å². The van der Waals surface area contributed by atoms with Crippen LogP contribution >= 0.6 is 0 Å². The van der Waals surface area contributed by atoms with Crippen LogP contribution in [0.1, 0.15) is 38.7 Å². The summed E-state index contributed by atoms with van der Waals surface area (Å²) in [5.74, 6) is 0.647. The Morgan fingerprint density at radius 2 is 1.73 bits per heavy atom. The molecule has 6 nitrogen and oxygen atoms in total. The zero-order chi connectivity index (χ0) is 22.4. The third-order valence-electron chi connectivity index (χ3n) is 6.86. The summed E-state index contributed by atoms with van der Waals surface area (Å²) in [6, 6.07) is 5.56. The minimum absolute atomic E-state index is 0.0279. The first-order valence-corrected chi connectivity index (χ1v) is 13.2. The zero-order valence-corrected chi connectivity index (χ0v) is 20.2. The van der Waals surface area contributed by atoms with Gasteiger partial charge in [0.1, 0.15) is 11.5 Å². The second kappa shape index (κ2) is 7.76. The minimum atomic E-state index is -2.10. The van der Waals surface area contributed by atoms with Gasteiger partial charge in [-0.05, 0) is 42.4 Å². The van der Waals surface area contributed by atoms with E-state index in [1.165, 1.54) is 4.90 Å². The van der Waals surface area contributed by atoms with Gasteiger partial charge in [0.2, 0.25) is 20.1 Å². The Morgan fingerprint density at radius 3 is 2.30 bits per heavy atom. The molecule has 1 aliphatic carbocycles. The molecule has 2 aliphatic rings. The van der Waals surface area contributed by atoms with Crippen LogP contribution in [-0.2, 0) is 14.0 Å². The first-order chi connectivity index (χ1) is 13.9. The third kappa shape index (κ3) is 3.75. The van der Waals surface area contributed by atoms with Gasteiger partial charge in [-0.2, -0.15) is 0 Å². The van der Waals surface area contributed by atoms with E-state index < -0.39 is 20.2 Å². The molecule has 0 aromatic heterocycles. The number of carbonyl (C=O) groups is 2. The highest BCUT2D eigenvalue weighted by molar-refractivity contribution is 6.74. The van der Waals surface area contributed by atoms with Crippen LogP contribution in [0, 0.1) is 11.8 Å². The maximum absolute atomic E-state index is 13.0. The van der Waals surface area contributed by atoms with E-state index in [1.54, 1.807) is 21.3 Å². The Morgan fingerprint density at radius 1 is 1.07 bits per heavy atom. The van der Waals surface area contributed by atoms with Crippen molar-refractivity contribution in [1.29, 1.82) is 0 Å². The molecule has 30 heavy (non-hydrogen) atoms. The van der Waals surface area contributed by atoms with E-state index >= 15 is 0 Å². The van der Waals surface area contributed by atoms with E-state index in [1.807, 2.05) is 24.3 Å². The number of ether oxygens (including phenoxy) is 2. The Bertz CT molecular complexity index is 886. The number of likely N-dealkylation sites (tertiary alicyclic amines) is 1. The SMILES string of the molecule is COc1ccc(OC)c([C@H]2C=C(O[Si](C)(C)C(C)(C)C)C[C@H]3C(=O)N(C)C(=O)[C@@H]23)c1. The first kappa shape index (κ1) is 22.4. The fraction of sp³-hybridized carbons (Fsp3) is 0.565. The largest absolute Gasteiger partial charge is 0.547 e. The average Bonchev–Trinajstić information content (AvgIpc) is 2.90. The third-order valence-corrected chi connectivity index (χ3v) is 11.2. The molecule has 0 bridgehead atoms. The van der Waals surface area contributed by atoms with Gasteiger partial charge < -0.3 is 13.9 Å². The lowest BCUT2D eigenvalue weighted by molar-refractivity contribution is -0.138. The zero-order valence-electron chi connectivity index (χ0n) is 19.2. The van der Waals surface area contributed by atoms with Gasteiger partial charge in [0.25, 0.3) is 0 Å². The van der Waals surface area contributed by atoms with Crippen molar-refractivity contribution in [2.45, 2.75) is 51.2 Å². The molecule has 1 aromatic rings. The normalized spacial score (nSPS) is 24.5. The molecule has 1 aromatic carbocycles. The number of amides is 2. The first-order valence-electron chi connectivity index (χ1n) is 10.3. The van der Waals surface area contributed by atoms with Crippen molar-refractivity contribution in [3.63, 3.8) is 0 Å². The quantitative estimate of drug-likeness (QED) is 0.513. The molecule has 3 rings (SSSR count). The van der Waals surface area contributed by atoms with E-state index in [0.29, 0.717) is 17.9 Å². The van der Waals surface area contributed by atoms with Crippen LogP contribution in [-0.4, -0.2) is 46.3 Å². The molecule has 3 atom stereocenters. The standard InChI is InChI=1S/C23H33NO5Si/c1-23(2,3)30(7,8)29-15-12-17(16-11-14(27-5)9-10-19(16)28-6)20-18(13-15)21(25)24(4)22(20)26/h9-12,17-18,20H,13H2,1-8H3/t17-,18-,20+/m1/s1. The van der Waals surface area contributed by atoms with Crippen molar-refractivity contribution < 1.29 is 23.5 Å². The highest BCUT2D eigenvalue weighted by Crippen LogP contribution is 2.49. The van der Waals surface area contributed by atoms with E-state index in [9.17, 15) is 9.59 Å². The highest BCUT2D eigenvalue weighted by Gasteiger charge is 2.53. The summed E-state index contributed by atoms with van der Waals surface area (Å²) in [7, 11) is 2.68. The number of benzene rings is 1.